The van der Waals surface area contributed by atoms with E-state index in [-0.39, 0.29) is 5.91 Å². The molecule has 82 valence electrons. The molecule has 0 unspecified atom stereocenters. The van der Waals surface area contributed by atoms with Crippen molar-refractivity contribution in [3.63, 3.8) is 0 Å². The number of fused-ring (bicyclic) bond motifs is 1. The Morgan fingerprint density at radius 1 is 1.73 bits per heavy atom. The third-order valence-corrected chi connectivity index (χ3v) is 2.43. The van der Waals surface area contributed by atoms with Gasteiger partial charge in [0.1, 0.15) is 11.5 Å². The average molecular weight is 208 g/mol. The standard InChI is InChI=1S/C10H16N4O/c1-2-4-9(15)13-8-7-12-14-6-3-5-11-10(8)14/h7,11H,2-6H2,1H3,(H,13,15). The minimum absolute atomic E-state index is 0.0562. The molecule has 1 aromatic rings. The molecule has 0 atom stereocenters. The Kier molecular flexibility index (Phi) is 2.89. The molecule has 2 N–H and O–H groups in total. The largest absolute Gasteiger partial charge is 0.368 e. The van der Waals surface area contributed by atoms with Crippen molar-refractivity contribution in [2.45, 2.75) is 32.7 Å². The van der Waals surface area contributed by atoms with Gasteiger partial charge >= 0.3 is 0 Å². The van der Waals surface area contributed by atoms with Gasteiger partial charge in [0.2, 0.25) is 5.91 Å². The highest BCUT2D eigenvalue weighted by molar-refractivity contribution is 5.93. The lowest BCUT2D eigenvalue weighted by Crippen LogP contribution is -2.19. The van der Waals surface area contributed by atoms with Gasteiger partial charge in [0.25, 0.3) is 0 Å². The Labute approximate surface area is 88.8 Å². The van der Waals surface area contributed by atoms with E-state index in [1.54, 1.807) is 6.20 Å². The topological polar surface area (TPSA) is 59.0 Å². The van der Waals surface area contributed by atoms with Gasteiger partial charge in [-0.05, 0) is 12.8 Å². The second-order valence-corrected chi connectivity index (χ2v) is 3.71. The maximum absolute atomic E-state index is 11.4. The molecule has 1 aliphatic heterocycles. The summed E-state index contributed by atoms with van der Waals surface area (Å²) in [7, 11) is 0. The van der Waals surface area contributed by atoms with E-state index in [0.717, 1.165) is 37.4 Å². The third kappa shape index (κ3) is 2.11. The van der Waals surface area contributed by atoms with Crippen LogP contribution in [-0.2, 0) is 11.3 Å². The van der Waals surface area contributed by atoms with Crippen molar-refractivity contribution in [1.82, 2.24) is 9.78 Å². The van der Waals surface area contributed by atoms with Gasteiger partial charge in [-0.2, -0.15) is 5.10 Å². The quantitative estimate of drug-likeness (QED) is 0.790. The Morgan fingerprint density at radius 3 is 3.40 bits per heavy atom. The van der Waals surface area contributed by atoms with Gasteiger partial charge < -0.3 is 10.6 Å². The number of hydrogen-bond acceptors (Lipinski definition) is 3. The average Bonchev–Trinajstić information content (AvgIpc) is 2.62. The van der Waals surface area contributed by atoms with E-state index in [2.05, 4.69) is 15.7 Å². The van der Waals surface area contributed by atoms with Crippen molar-refractivity contribution < 1.29 is 4.79 Å². The molecule has 0 aliphatic carbocycles. The van der Waals surface area contributed by atoms with E-state index in [9.17, 15) is 4.79 Å². The van der Waals surface area contributed by atoms with Crippen LogP contribution in [0.2, 0.25) is 0 Å². The van der Waals surface area contributed by atoms with Gasteiger partial charge in [-0.25, -0.2) is 4.68 Å². The molecule has 1 aromatic heterocycles. The first kappa shape index (κ1) is 10.0. The highest BCUT2D eigenvalue weighted by Gasteiger charge is 2.15. The van der Waals surface area contributed by atoms with Crippen LogP contribution in [0.4, 0.5) is 11.5 Å². The van der Waals surface area contributed by atoms with Crippen molar-refractivity contribution in [3.05, 3.63) is 6.20 Å². The predicted molar refractivity (Wildman–Crippen MR) is 58.9 cm³/mol. The zero-order chi connectivity index (χ0) is 10.7. The van der Waals surface area contributed by atoms with E-state index >= 15 is 0 Å². The van der Waals surface area contributed by atoms with Gasteiger partial charge in [0, 0.05) is 19.5 Å². The van der Waals surface area contributed by atoms with E-state index in [1.807, 2.05) is 11.6 Å². The molecule has 1 amide bonds. The zero-order valence-corrected chi connectivity index (χ0v) is 8.92. The summed E-state index contributed by atoms with van der Waals surface area (Å²) in [5.41, 5.74) is 0.799. The fraction of sp³-hybridized carbons (Fsp3) is 0.600. The molecule has 0 radical (unpaired) electrons. The summed E-state index contributed by atoms with van der Waals surface area (Å²) in [6.45, 7) is 3.86. The molecular weight excluding hydrogens is 192 g/mol. The van der Waals surface area contributed by atoms with Gasteiger partial charge in [0.15, 0.2) is 0 Å². The van der Waals surface area contributed by atoms with E-state index < -0.39 is 0 Å². The Bertz CT molecular complexity index is 358. The van der Waals surface area contributed by atoms with Gasteiger partial charge in [-0.1, -0.05) is 6.92 Å². The lowest BCUT2D eigenvalue weighted by Gasteiger charge is -2.16. The summed E-state index contributed by atoms with van der Waals surface area (Å²) in [5.74, 6) is 0.992. The van der Waals surface area contributed by atoms with Crippen LogP contribution in [0.3, 0.4) is 0 Å². The minimum Gasteiger partial charge on any atom is -0.368 e. The summed E-state index contributed by atoms with van der Waals surface area (Å²) in [6.07, 6.45) is 4.21. The van der Waals surface area contributed by atoms with Crippen molar-refractivity contribution in [1.29, 1.82) is 0 Å². The predicted octanol–water partition coefficient (Wildman–Crippen LogP) is 1.44. The molecule has 5 heteroatoms. The molecular formula is C10H16N4O. The number of rotatable bonds is 3. The number of anilines is 2. The maximum Gasteiger partial charge on any atom is 0.224 e. The van der Waals surface area contributed by atoms with Gasteiger partial charge in [-0.3, -0.25) is 4.79 Å². The molecule has 0 saturated carbocycles. The van der Waals surface area contributed by atoms with Crippen LogP contribution in [0.15, 0.2) is 6.20 Å². The number of hydrogen-bond donors (Lipinski definition) is 2. The second-order valence-electron chi connectivity index (χ2n) is 3.71. The second kappa shape index (κ2) is 4.33. The number of aromatic nitrogens is 2. The van der Waals surface area contributed by atoms with Crippen LogP contribution in [0.5, 0.6) is 0 Å². The molecule has 0 fully saturated rings. The molecule has 1 aliphatic rings. The number of aryl methyl sites for hydroxylation is 1. The number of carbonyl (C=O) groups is 1. The zero-order valence-electron chi connectivity index (χ0n) is 8.92. The summed E-state index contributed by atoms with van der Waals surface area (Å²) >= 11 is 0. The van der Waals surface area contributed by atoms with Gasteiger partial charge in [-0.15, -0.1) is 0 Å². The molecule has 0 saturated heterocycles. The molecule has 15 heavy (non-hydrogen) atoms. The molecule has 0 spiro atoms. The highest BCUT2D eigenvalue weighted by atomic mass is 16.1. The first-order valence-electron chi connectivity index (χ1n) is 5.41. The number of carbonyl (C=O) groups excluding carboxylic acids is 1. The molecule has 2 rings (SSSR count). The van der Waals surface area contributed by atoms with Crippen LogP contribution < -0.4 is 10.6 Å². The van der Waals surface area contributed by atoms with Crippen molar-refractivity contribution in [2.75, 3.05) is 17.2 Å². The lowest BCUT2D eigenvalue weighted by atomic mass is 10.3. The SMILES string of the molecule is CCCC(=O)Nc1cnn2c1NCCC2. The Morgan fingerprint density at radius 2 is 2.60 bits per heavy atom. The first-order valence-corrected chi connectivity index (χ1v) is 5.41. The van der Waals surface area contributed by atoms with E-state index in [1.165, 1.54) is 0 Å². The van der Waals surface area contributed by atoms with Crippen LogP contribution in [0, 0.1) is 0 Å². The van der Waals surface area contributed by atoms with Crippen molar-refractivity contribution >= 4 is 17.4 Å². The summed E-state index contributed by atoms with van der Waals surface area (Å²) in [4.78, 5) is 11.4. The van der Waals surface area contributed by atoms with Crippen LogP contribution in [-0.4, -0.2) is 22.2 Å². The number of nitrogens with zero attached hydrogens (tertiary/aromatic N) is 2. The summed E-state index contributed by atoms with van der Waals surface area (Å²) in [5, 5.41) is 10.3. The molecule has 5 nitrogen and oxygen atoms in total. The Hall–Kier alpha value is -1.52. The van der Waals surface area contributed by atoms with Gasteiger partial charge in [0.05, 0.1) is 6.20 Å². The number of nitrogens with one attached hydrogen (secondary N) is 2. The maximum atomic E-state index is 11.4. The monoisotopic (exact) mass is 208 g/mol. The molecule has 0 bridgehead atoms. The summed E-state index contributed by atoms with van der Waals surface area (Å²) in [6, 6.07) is 0. The third-order valence-electron chi connectivity index (χ3n) is 2.43. The summed E-state index contributed by atoms with van der Waals surface area (Å²) < 4.78 is 1.89. The van der Waals surface area contributed by atoms with Crippen LogP contribution >= 0.6 is 0 Å². The van der Waals surface area contributed by atoms with Crippen LogP contribution in [0.25, 0.3) is 0 Å². The lowest BCUT2D eigenvalue weighted by molar-refractivity contribution is -0.116. The molecule has 2 heterocycles. The smallest absolute Gasteiger partial charge is 0.224 e. The first-order chi connectivity index (χ1) is 7.31. The normalized spacial score (nSPS) is 14.2. The Balaban J connectivity index is 2.08. The molecule has 0 aromatic carbocycles. The number of amides is 1. The van der Waals surface area contributed by atoms with Crippen molar-refractivity contribution in [3.8, 4) is 0 Å². The fourth-order valence-electron chi connectivity index (χ4n) is 1.71. The van der Waals surface area contributed by atoms with Crippen LogP contribution in [0.1, 0.15) is 26.2 Å². The minimum atomic E-state index is 0.0562. The van der Waals surface area contributed by atoms with E-state index in [4.69, 9.17) is 0 Å². The van der Waals surface area contributed by atoms with E-state index in [0.29, 0.717) is 6.42 Å². The highest BCUT2D eigenvalue weighted by Crippen LogP contribution is 2.24. The van der Waals surface area contributed by atoms with Crippen molar-refractivity contribution in [2.24, 2.45) is 0 Å². The fourth-order valence-corrected chi connectivity index (χ4v) is 1.71.